The number of carboxylic acid groups (broad SMARTS) is 2. The first-order chi connectivity index (χ1) is 5.89. The Balaban J connectivity index is -0.000000180. The molecule has 15 heavy (non-hydrogen) atoms. The Morgan fingerprint density at radius 2 is 0.800 bits per heavy atom. The molecule has 0 aromatic heterocycles. The van der Waals surface area contributed by atoms with Crippen molar-refractivity contribution >= 4 is 105 Å². The maximum Gasteiger partial charge on any atom is 2.00 e. The first kappa shape index (κ1) is 21.7. The second-order valence-corrected chi connectivity index (χ2v) is 6.13. The van der Waals surface area contributed by atoms with Gasteiger partial charge in [0.1, 0.15) is 0 Å². The molecule has 0 amide bonds. The number of aliphatic carboxylic acids is 2. The Kier molecular flexibility index (Phi) is 12.3. The molecule has 0 aliphatic rings. The number of hydrogen-bond acceptors (Lipinski definition) is 4. The summed E-state index contributed by atoms with van der Waals surface area (Å²) in [5, 5.41) is 19.0. The SMILES string of the molecule is O=C([O-])C(Cl)(Cl)Cl.O=C([O-])C(Cl)(Cl)Cl.[Mg+2]. The average Bonchev–Trinajstić information content (AvgIpc) is 1.83. The fraction of sp³-hybridized carbons (Fsp3) is 0.500. The topological polar surface area (TPSA) is 80.3 Å². The van der Waals surface area contributed by atoms with Crippen LogP contribution in [0.25, 0.3) is 0 Å². The van der Waals surface area contributed by atoms with Crippen LogP contribution in [0.2, 0.25) is 0 Å². The molecule has 84 valence electrons. The monoisotopic (exact) mass is 346 g/mol. The third kappa shape index (κ3) is 15.4. The van der Waals surface area contributed by atoms with Gasteiger partial charge < -0.3 is 19.8 Å². The quantitative estimate of drug-likeness (QED) is 0.449. The van der Waals surface area contributed by atoms with E-state index in [-0.39, 0.29) is 23.1 Å². The van der Waals surface area contributed by atoms with Crippen molar-refractivity contribution < 1.29 is 19.8 Å². The number of carbonyl (C=O) groups excluding carboxylic acids is 2. The van der Waals surface area contributed by atoms with Crippen molar-refractivity contribution in [1.29, 1.82) is 0 Å². The van der Waals surface area contributed by atoms with E-state index in [1.807, 2.05) is 0 Å². The predicted molar refractivity (Wildman–Crippen MR) is 56.3 cm³/mol. The van der Waals surface area contributed by atoms with Crippen LogP contribution >= 0.6 is 69.6 Å². The molecule has 4 nitrogen and oxygen atoms in total. The summed E-state index contributed by atoms with van der Waals surface area (Å²) in [5.74, 6) is -3.42. The minimum Gasteiger partial charge on any atom is -0.545 e. The molecule has 0 aromatic carbocycles. The number of carboxylic acids is 2. The third-order valence-corrected chi connectivity index (χ3v) is 1.39. The maximum absolute atomic E-state index is 9.51. The number of halogens is 6. The van der Waals surface area contributed by atoms with E-state index in [1.54, 1.807) is 0 Å². The molecule has 11 heteroatoms. The van der Waals surface area contributed by atoms with E-state index >= 15 is 0 Å². The van der Waals surface area contributed by atoms with E-state index in [2.05, 4.69) is 0 Å². The first-order valence-corrected chi connectivity index (χ1v) is 4.72. The minimum absolute atomic E-state index is 0. The number of alkyl halides is 6. The van der Waals surface area contributed by atoms with E-state index in [4.69, 9.17) is 69.6 Å². The van der Waals surface area contributed by atoms with Crippen LogP contribution in [0.4, 0.5) is 0 Å². The Labute approximate surface area is 131 Å². The van der Waals surface area contributed by atoms with Crippen molar-refractivity contribution in [1.82, 2.24) is 0 Å². The van der Waals surface area contributed by atoms with E-state index in [0.717, 1.165) is 0 Å². The van der Waals surface area contributed by atoms with Gasteiger partial charge in [0.05, 0.1) is 11.9 Å². The normalized spacial score (nSPS) is 10.5. The Hall–Kier alpha value is 1.45. The molecule has 0 aliphatic heterocycles. The van der Waals surface area contributed by atoms with E-state index < -0.39 is 19.5 Å². The van der Waals surface area contributed by atoms with Gasteiger partial charge in [0.25, 0.3) is 0 Å². The van der Waals surface area contributed by atoms with Gasteiger partial charge in [-0.05, 0) is 0 Å². The molecule has 0 rings (SSSR count). The molecule has 0 unspecified atom stereocenters. The van der Waals surface area contributed by atoms with Crippen molar-refractivity contribution in [3.05, 3.63) is 0 Å². The summed E-state index contributed by atoms with van der Waals surface area (Å²) in [7, 11) is 0. The largest absolute Gasteiger partial charge is 2.00 e. The summed E-state index contributed by atoms with van der Waals surface area (Å²) >= 11 is 28.4. The van der Waals surface area contributed by atoms with Crippen LogP contribution in [-0.4, -0.2) is 42.6 Å². The Morgan fingerprint density at radius 1 is 0.733 bits per heavy atom. The van der Waals surface area contributed by atoms with Crippen LogP contribution in [-0.2, 0) is 9.59 Å². The van der Waals surface area contributed by atoms with Crippen molar-refractivity contribution in [2.24, 2.45) is 0 Å². The van der Waals surface area contributed by atoms with Crippen molar-refractivity contribution in [3.63, 3.8) is 0 Å². The van der Waals surface area contributed by atoms with Gasteiger partial charge in [-0.15, -0.1) is 0 Å². The van der Waals surface area contributed by atoms with Gasteiger partial charge in [-0.25, -0.2) is 0 Å². The van der Waals surface area contributed by atoms with Crippen molar-refractivity contribution in [2.45, 2.75) is 7.59 Å². The zero-order valence-electron chi connectivity index (χ0n) is 6.61. The van der Waals surface area contributed by atoms with Gasteiger partial charge >= 0.3 is 23.1 Å². The third-order valence-electron chi connectivity index (χ3n) is 0.463. The smallest absolute Gasteiger partial charge is 0.545 e. The van der Waals surface area contributed by atoms with E-state index in [0.29, 0.717) is 0 Å². The average molecular weight is 349 g/mol. The second kappa shape index (κ2) is 8.52. The molecule has 0 atom stereocenters. The fourth-order valence-electron chi connectivity index (χ4n) is 0. The molecule has 0 N–H and O–H groups in total. The van der Waals surface area contributed by atoms with Crippen molar-refractivity contribution in [3.8, 4) is 0 Å². The summed E-state index contributed by atoms with van der Waals surface area (Å²) in [6.07, 6.45) is 0. The van der Waals surface area contributed by atoms with Crippen LogP contribution in [0.5, 0.6) is 0 Å². The van der Waals surface area contributed by atoms with Gasteiger partial charge in [0.2, 0.25) is 7.59 Å². The Morgan fingerprint density at radius 3 is 0.800 bits per heavy atom. The second-order valence-electron chi connectivity index (χ2n) is 1.57. The zero-order valence-corrected chi connectivity index (χ0v) is 12.6. The zero-order chi connectivity index (χ0) is 12.2. The number of rotatable bonds is 0. The van der Waals surface area contributed by atoms with Crippen LogP contribution in [0.15, 0.2) is 0 Å². The molecular weight excluding hydrogens is 349 g/mol. The van der Waals surface area contributed by atoms with E-state index in [1.165, 1.54) is 0 Å². The predicted octanol–water partition coefficient (Wildman–Crippen LogP) is -0.168. The number of carbonyl (C=O) groups is 2. The molecule has 0 fully saturated rings. The molecule has 0 radical (unpaired) electrons. The molecule has 0 bridgehead atoms. The van der Waals surface area contributed by atoms with Gasteiger partial charge in [0, 0.05) is 0 Å². The van der Waals surface area contributed by atoms with Gasteiger partial charge in [-0.2, -0.15) is 0 Å². The van der Waals surface area contributed by atoms with E-state index in [9.17, 15) is 19.8 Å². The summed E-state index contributed by atoms with van der Waals surface area (Å²) in [4.78, 5) is 19.0. The maximum atomic E-state index is 9.51. The van der Waals surface area contributed by atoms with Crippen molar-refractivity contribution in [2.75, 3.05) is 0 Å². The molecular formula is C4Cl6MgO4. The van der Waals surface area contributed by atoms with Crippen LogP contribution < -0.4 is 10.2 Å². The molecule has 0 aromatic rings. The minimum atomic E-state index is -2.28. The van der Waals surface area contributed by atoms with Crippen LogP contribution in [0.1, 0.15) is 0 Å². The summed E-state index contributed by atoms with van der Waals surface area (Å²) < 4.78 is -4.56. The fourth-order valence-corrected chi connectivity index (χ4v) is 0. The molecule has 0 aliphatic carbocycles. The number of hydrogen-bond donors (Lipinski definition) is 0. The van der Waals surface area contributed by atoms with Gasteiger partial charge in [0.15, 0.2) is 0 Å². The molecule has 0 saturated heterocycles. The summed E-state index contributed by atoms with van der Waals surface area (Å²) in [6, 6.07) is 0. The van der Waals surface area contributed by atoms with Gasteiger partial charge in [-0.1, -0.05) is 69.6 Å². The molecule has 0 saturated carbocycles. The Bertz CT molecular complexity index is 196. The summed E-state index contributed by atoms with van der Waals surface area (Å²) in [5.41, 5.74) is 0. The summed E-state index contributed by atoms with van der Waals surface area (Å²) in [6.45, 7) is 0. The van der Waals surface area contributed by atoms with Crippen LogP contribution in [0, 0.1) is 0 Å². The standard InChI is InChI=1S/2C2HCl3O2.Mg/c2*3-2(4,5)1(6)7;/h2*(H,6,7);/q;;+2/p-2. The molecule has 0 heterocycles. The first-order valence-electron chi connectivity index (χ1n) is 2.45. The van der Waals surface area contributed by atoms with Crippen LogP contribution in [0.3, 0.4) is 0 Å². The molecule has 0 spiro atoms. The van der Waals surface area contributed by atoms with Gasteiger partial charge in [-0.3, -0.25) is 0 Å².